The van der Waals surface area contributed by atoms with Crippen LogP contribution in [0.4, 0.5) is 0 Å². The Morgan fingerprint density at radius 2 is 2.11 bits per heavy atom. The lowest BCUT2D eigenvalue weighted by molar-refractivity contribution is -0.215. The molecule has 3 atom stereocenters. The molecule has 0 saturated heterocycles. The summed E-state index contributed by atoms with van der Waals surface area (Å²) in [7, 11) is 0. The van der Waals surface area contributed by atoms with E-state index in [1.54, 1.807) is 44.2 Å². The van der Waals surface area contributed by atoms with Crippen LogP contribution in [0.2, 0.25) is 0 Å². The van der Waals surface area contributed by atoms with Gasteiger partial charge in [-0.1, -0.05) is 43.3 Å². The van der Waals surface area contributed by atoms with E-state index >= 15 is 0 Å². The number of Topliss-reactive ketones (excluding diaryl/α,β-unsaturated/α-hetero) is 1. The van der Waals surface area contributed by atoms with E-state index in [9.17, 15) is 9.90 Å². The summed E-state index contributed by atoms with van der Waals surface area (Å²) in [6, 6.07) is 8.60. The number of ether oxygens (including phenoxy) is 1. The van der Waals surface area contributed by atoms with E-state index in [1.165, 1.54) is 6.08 Å². The van der Waals surface area contributed by atoms with E-state index in [2.05, 4.69) is 6.58 Å². The van der Waals surface area contributed by atoms with Crippen LogP contribution in [-0.2, 0) is 4.74 Å². The maximum Gasteiger partial charge on any atom is 0.195 e. The summed E-state index contributed by atoms with van der Waals surface area (Å²) in [6.45, 7) is 7.30. The summed E-state index contributed by atoms with van der Waals surface area (Å²) < 4.78 is 5.32. The predicted molar refractivity (Wildman–Crippen MR) is 76.4 cm³/mol. The second kappa shape index (κ2) is 6.85. The molecule has 1 N–H and O–H groups in total. The lowest BCUT2D eigenvalue weighted by Gasteiger charge is -2.35. The molecule has 3 unspecified atom stereocenters. The van der Waals surface area contributed by atoms with E-state index < -0.39 is 17.1 Å². The maximum atomic E-state index is 12.3. The van der Waals surface area contributed by atoms with Crippen molar-refractivity contribution in [1.82, 2.24) is 0 Å². The van der Waals surface area contributed by atoms with Gasteiger partial charge in [-0.05, 0) is 6.92 Å². The van der Waals surface area contributed by atoms with Crippen molar-refractivity contribution >= 4 is 17.4 Å². The van der Waals surface area contributed by atoms with Crippen LogP contribution >= 0.6 is 11.6 Å². The Balaban J connectivity index is 3.03. The molecule has 104 valence electrons. The minimum absolute atomic E-state index is 0.250. The monoisotopic (exact) mass is 282 g/mol. The molecule has 0 heterocycles. The standard InChI is InChI=1S/C15H19ClO3/c1-4-11(3)15(18,19-5-2)14(16)13(17)12-9-7-6-8-10-12/h4,6-11,14,18H,1,5H2,2-3H3. The number of halogens is 1. The van der Waals surface area contributed by atoms with Gasteiger partial charge in [-0.3, -0.25) is 4.79 Å². The summed E-state index contributed by atoms with van der Waals surface area (Å²) in [5.41, 5.74) is 0.442. The van der Waals surface area contributed by atoms with Gasteiger partial charge in [0.15, 0.2) is 16.9 Å². The van der Waals surface area contributed by atoms with Crippen molar-refractivity contribution in [2.24, 2.45) is 5.92 Å². The van der Waals surface area contributed by atoms with Crippen LogP contribution in [0, 0.1) is 5.92 Å². The fourth-order valence-electron chi connectivity index (χ4n) is 1.77. The van der Waals surface area contributed by atoms with Crippen LogP contribution in [-0.4, -0.2) is 28.7 Å². The molecule has 0 aliphatic carbocycles. The molecule has 0 spiro atoms. The van der Waals surface area contributed by atoms with Crippen LogP contribution in [0.5, 0.6) is 0 Å². The van der Waals surface area contributed by atoms with Gasteiger partial charge >= 0.3 is 0 Å². The molecule has 1 aromatic carbocycles. The quantitative estimate of drug-likeness (QED) is 0.362. The number of hydrogen-bond donors (Lipinski definition) is 1. The molecular weight excluding hydrogens is 264 g/mol. The van der Waals surface area contributed by atoms with E-state index in [0.717, 1.165) is 0 Å². The van der Waals surface area contributed by atoms with Gasteiger partial charge in [0.2, 0.25) is 0 Å². The number of alkyl halides is 1. The van der Waals surface area contributed by atoms with Gasteiger partial charge in [0.05, 0.1) is 0 Å². The molecule has 0 saturated carbocycles. The number of ketones is 1. The van der Waals surface area contributed by atoms with Gasteiger partial charge in [0.25, 0.3) is 0 Å². The summed E-state index contributed by atoms with van der Waals surface area (Å²) in [5.74, 6) is -2.60. The molecule has 0 radical (unpaired) electrons. The first-order valence-electron chi connectivity index (χ1n) is 6.19. The summed E-state index contributed by atoms with van der Waals surface area (Å²) in [6.07, 6.45) is 1.52. The minimum Gasteiger partial charge on any atom is -0.363 e. The molecule has 0 aliphatic heterocycles. The van der Waals surface area contributed by atoms with Gasteiger partial charge in [0.1, 0.15) is 0 Å². The molecule has 19 heavy (non-hydrogen) atoms. The van der Waals surface area contributed by atoms with Crippen LogP contribution in [0.25, 0.3) is 0 Å². The zero-order chi connectivity index (χ0) is 14.5. The number of aliphatic hydroxyl groups is 1. The van der Waals surface area contributed by atoms with Gasteiger partial charge in [0, 0.05) is 18.1 Å². The highest BCUT2D eigenvalue weighted by molar-refractivity contribution is 6.34. The molecule has 1 aromatic rings. The maximum absolute atomic E-state index is 12.3. The number of hydrogen-bond acceptors (Lipinski definition) is 3. The third kappa shape index (κ3) is 3.44. The highest BCUT2D eigenvalue weighted by atomic mass is 35.5. The molecule has 0 aliphatic rings. The average molecular weight is 283 g/mol. The highest BCUT2D eigenvalue weighted by Crippen LogP contribution is 2.30. The number of carbonyl (C=O) groups is 1. The third-order valence-corrected chi connectivity index (χ3v) is 3.54. The molecule has 1 rings (SSSR count). The normalized spacial score (nSPS) is 17.3. The Bertz CT molecular complexity index is 432. The SMILES string of the molecule is C=CC(C)C(O)(OCC)C(Cl)C(=O)c1ccccc1. The van der Waals surface area contributed by atoms with Crippen molar-refractivity contribution in [2.75, 3.05) is 6.61 Å². The fourth-order valence-corrected chi connectivity index (χ4v) is 2.16. The van der Waals surface area contributed by atoms with Crippen molar-refractivity contribution in [2.45, 2.75) is 25.0 Å². The third-order valence-electron chi connectivity index (χ3n) is 3.03. The van der Waals surface area contributed by atoms with Crippen LogP contribution < -0.4 is 0 Å². The summed E-state index contributed by atoms with van der Waals surface area (Å²) in [4.78, 5) is 12.3. The highest BCUT2D eigenvalue weighted by Gasteiger charge is 2.44. The lowest BCUT2D eigenvalue weighted by atomic mass is 9.92. The van der Waals surface area contributed by atoms with Crippen molar-refractivity contribution in [3.63, 3.8) is 0 Å². The first-order chi connectivity index (χ1) is 8.97. The minimum atomic E-state index is -1.76. The molecule has 0 bridgehead atoms. The van der Waals surface area contributed by atoms with E-state index in [0.29, 0.717) is 5.56 Å². The smallest absolute Gasteiger partial charge is 0.195 e. The van der Waals surface area contributed by atoms with Crippen molar-refractivity contribution in [3.8, 4) is 0 Å². The fraction of sp³-hybridized carbons (Fsp3) is 0.400. The van der Waals surface area contributed by atoms with Crippen molar-refractivity contribution in [3.05, 3.63) is 48.6 Å². The van der Waals surface area contributed by atoms with Crippen LogP contribution in [0.15, 0.2) is 43.0 Å². The van der Waals surface area contributed by atoms with Gasteiger partial charge in [-0.15, -0.1) is 18.2 Å². The molecular formula is C15H19ClO3. The number of carbonyl (C=O) groups excluding carboxylic acids is 1. The first kappa shape index (κ1) is 15.9. The second-order valence-electron chi connectivity index (χ2n) is 4.30. The molecule has 4 heteroatoms. The van der Waals surface area contributed by atoms with E-state index in [-0.39, 0.29) is 12.4 Å². The zero-order valence-electron chi connectivity index (χ0n) is 11.2. The van der Waals surface area contributed by atoms with Crippen molar-refractivity contribution < 1.29 is 14.6 Å². The lowest BCUT2D eigenvalue weighted by Crippen LogP contribution is -2.50. The van der Waals surface area contributed by atoms with E-state index in [1.807, 2.05) is 0 Å². The summed E-state index contributed by atoms with van der Waals surface area (Å²) >= 11 is 6.15. The Labute approximate surface area is 118 Å². The Morgan fingerprint density at radius 1 is 1.53 bits per heavy atom. The van der Waals surface area contributed by atoms with Crippen molar-refractivity contribution in [1.29, 1.82) is 0 Å². The average Bonchev–Trinajstić information content (AvgIpc) is 2.45. The number of benzene rings is 1. The Morgan fingerprint density at radius 3 is 2.58 bits per heavy atom. The largest absolute Gasteiger partial charge is 0.363 e. The van der Waals surface area contributed by atoms with Crippen LogP contribution in [0.3, 0.4) is 0 Å². The van der Waals surface area contributed by atoms with Gasteiger partial charge < -0.3 is 9.84 Å². The van der Waals surface area contributed by atoms with Gasteiger partial charge in [-0.25, -0.2) is 0 Å². The van der Waals surface area contributed by atoms with E-state index in [4.69, 9.17) is 16.3 Å². The topological polar surface area (TPSA) is 46.5 Å². The van der Waals surface area contributed by atoms with Gasteiger partial charge in [-0.2, -0.15) is 0 Å². The number of rotatable bonds is 7. The Kier molecular flexibility index (Phi) is 5.73. The summed E-state index contributed by atoms with van der Waals surface area (Å²) in [5, 5.41) is 9.34. The predicted octanol–water partition coefficient (Wildman–Crippen LogP) is 3.02. The second-order valence-corrected chi connectivity index (χ2v) is 4.74. The molecule has 3 nitrogen and oxygen atoms in total. The first-order valence-corrected chi connectivity index (χ1v) is 6.63. The zero-order valence-corrected chi connectivity index (χ0v) is 11.9. The van der Waals surface area contributed by atoms with Crippen LogP contribution in [0.1, 0.15) is 24.2 Å². The molecule has 0 fully saturated rings. The Hall–Kier alpha value is -1.16. The molecule has 0 amide bonds. The molecule has 0 aromatic heterocycles.